The van der Waals surface area contributed by atoms with Crippen molar-refractivity contribution in [1.82, 2.24) is 9.55 Å². The second-order valence-corrected chi connectivity index (χ2v) is 5.18. The molecule has 0 unspecified atom stereocenters. The van der Waals surface area contributed by atoms with E-state index in [0.717, 1.165) is 37.3 Å². The topological polar surface area (TPSA) is 43.8 Å². The molecule has 0 aliphatic heterocycles. The molecule has 0 saturated heterocycles. The summed E-state index contributed by atoms with van der Waals surface area (Å²) in [6, 6.07) is 0. The molecule has 2 rings (SSSR count). The van der Waals surface area contributed by atoms with Crippen molar-refractivity contribution in [3.8, 4) is 0 Å². The number of nitrogens with zero attached hydrogens (tertiary/aromatic N) is 2. The summed E-state index contributed by atoms with van der Waals surface area (Å²) in [4.78, 5) is 4.84. The van der Waals surface area contributed by atoms with E-state index in [1.54, 1.807) is 0 Å². The average molecular weight is 235 g/mol. The van der Waals surface area contributed by atoms with Gasteiger partial charge in [-0.3, -0.25) is 0 Å². The van der Waals surface area contributed by atoms with E-state index in [9.17, 15) is 0 Å². The van der Waals surface area contributed by atoms with E-state index in [1.165, 1.54) is 31.5 Å². The minimum Gasteiger partial charge on any atom is -0.384 e. The van der Waals surface area contributed by atoms with Crippen LogP contribution in [0.3, 0.4) is 0 Å². The smallest absolute Gasteiger partial charge is 0.126 e. The van der Waals surface area contributed by atoms with Crippen molar-refractivity contribution in [1.29, 1.82) is 0 Å². The fraction of sp³-hybridized carbons (Fsp3) is 0.786. The van der Waals surface area contributed by atoms with E-state index in [1.807, 2.05) is 0 Å². The Balaban J connectivity index is 2.30. The van der Waals surface area contributed by atoms with Crippen molar-refractivity contribution in [3.05, 3.63) is 11.5 Å². The molecule has 0 aromatic carbocycles. The quantitative estimate of drug-likeness (QED) is 0.849. The van der Waals surface area contributed by atoms with Crippen LogP contribution in [-0.4, -0.2) is 9.55 Å². The lowest BCUT2D eigenvalue weighted by Gasteiger charge is -2.12. The molecular formula is C14H25N3. The molecule has 0 spiro atoms. The normalized spacial score (nSPS) is 16.8. The molecule has 96 valence electrons. The van der Waals surface area contributed by atoms with Gasteiger partial charge in [0.05, 0.1) is 5.69 Å². The predicted molar refractivity (Wildman–Crippen MR) is 72.1 cm³/mol. The van der Waals surface area contributed by atoms with Crippen LogP contribution in [0.4, 0.5) is 5.82 Å². The first kappa shape index (κ1) is 12.5. The van der Waals surface area contributed by atoms with Crippen LogP contribution in [0, 0.1) is 0 Å². The highest BCUT2D eigenvalue weighted by Crippen LogP contribution is 2.35. The maximum atomic E-state index is 6.24. The Bertz CT molecular complexity index is 362. The number of rotatable bonds is 5. The van der Waals surface area contributed by atoms with Crippen molar-refractivity contribution in [2.45, 2.75) is 71.3 Å². The van der Waals surface area contributed by atoms with Crippen LogP contribution in [0.15, 0.2) is 0 Å². The highest BCUT2D eigenvalue weighted by atomic mass is 15.1. The van der Waals surface area contributed by atoms with E-state index in [2.05, 4.69) is 18.4 Å². The summed E-state index contributed by atoms with van der Waals surface area (Å²) in [5.74, 6) is 2.86. The van der Waals surface area contributed by atoms with Crippen LogP contribution < -0.4 is 5.73 Å². The van der Waals surface area contributed by atoms with Crippen LogP contribution in [0.5, 0.6) is 0 Å². The summed E-state index contributed by atoms with van der Waals surface area (Å²) in [6.45, 7) is 5.42. The lowest BCUT2D eigenvalue weighted by molar-refractivity contribution is 0.579. The Hall–Kier alpha value is -0.990. The summed E-state index contributed by atoms with van der Waals surface area (Å²) < 4.78 is 2.28. The molecule has 3 heteroatoms. The third kappa shape index (κ3) is 2.48. The molecule has 1 saturated carbocycles. The van der Waals surface area contributed by atoms with E-state index in [0.29, 0.717) is 5.92 Å². The van der Waals surface area contributed by atoms with E-state index >= 15 is 0 Å². The lowest BCUT2D eigenvalue weighted by Crippen LogP contribution is -2.09. The van der Waals surface area contributed by atoms with Crippen molar-refractivity contribution in [2.75, 3.05) is 5.73 Å². The van der Waals surface area contributed by atoms with Gasteiger partial charge in [0.25, 0.3) is 0 Å². The Morgan fingerprint density at radius 3 is 2.53 bits per heavy atom. The van der Waals surface area contributed by atoms with E-state index in [-0.39, 0.29) is 0 Å². The van der Waals surface area contributed by atoms with Gasteiger partial charge >= 0.3 is 0 Å². The molecule has 0 bridgehead atoms. The van der Waals surface area contributed by atoms with Gasteiger partial charge in [0, 0.05) is 12.5 Å². The molecule has 1 aliphatic rings. The molecule has 2 N–H and O–H groups in total. The molecule has 0 radical (unpaired) electrons. The Morgan fingerprint density at radius 2 is 1.94 bits per heavy atom. The standard InChI is InChI=1S/C14H25N3/c1-3-7-12-13(15)17(10-4-2)14(16-12)11-8-5-6-9-11/h11H,3-10,15H2,1-2H3. The highest BCUT2D eigenvalue weighted by molar-refractivity contribution is 5.39. The van der Waals surface area contributed by atoms with Crippen molar-refractivity contribution < 1.29 is 0 Å². The number of imidazole rings is 1. The van der Waals surface area contributed by atoms with E-state index in [4.69, 9.17) is 10.7 Å². The Kier molecular flexibility index (Phi) is 4.08. The fourth-order valence-corrected chi connectivity index (χ4v) is 2.91. The van der Waals surface area contributed by atoms with Crippen LogP contribution in [0.1, 0.15) is 69.8 Å². The third-order valence-electron chi connectivity index (χ3n) is 3.77. The number of aromatic nitrogens is 2. The molecule has 3 nitrogen and oxygen atoms in total. The SMILES string of the molecule is CCCc1nc(C2CCCC2)n(CCC)c1N. The first-order valence-corrected chi connectivity index (χ1v) is 7.12. The van der Waals surface area contributed by atoms with Crippen molar-refractivity contribution >= 4 is 5.82 Å². The zero-order chi connectivity index (χ0) is 12.3. The highest BCUT2D eigenvalue weighted by Gasteiger charge is 2.24. The fourth-order valence-electron chi connectivity index (χ4n) is 2.91. The summed E-state index contributed by atoms with van der Waals surface area (Å²) in [6.07, 6.45) is 8.57. The molecule has 1 heterocycles. The second kappa shape index (κ2) is 5.56. The summed E-state index contributed by atoms with van der Waals surface area (Å²) >= 11 is 0. The third-order valence-corrected chi connectivity index (χ3v) is 3.77. The lowest BCUT2D eigenvalue weighted by atomic mass is 10.1. The zero-order valence-corrected chi connectivity index (χ0v) is 11.2. The van der Waals surface area contributed by atoms with Gasteiger partial charge in [-0.05, 0) is 25.7 Å². The van der Waals surface area contributed by atoms with Gasteiger partial charge in [0.15, 0.2) is 0 Å². The monoisotopic (exact) mass is 235 g/mol. The first-order chi connectivity index (χ1) is 8.27. The number of hydrogen-bond acceptors (Lipinski definition) is 2. The Morgan fingerprint density at radius 1 is 1.24 bits per heavy atom. The van der Waals surface area contributed by atoms with Gasteiger partial charge in [-0.1, -0.05) is 33.1 Å². The largest absolute Gasteiger partial charge is 0.384 e. The van der Waals surface area contributed by atoms with Crippen LogP contribution in [0.2, 0.25) is 0 Å². The van der Waals surface area contributed by atoms with Gasteiger partial charge in [0.1, 0.15) is 11.6 Å². The minimum absolute atomic E-state index is 0.662. The van der Waals surface area contributed by atoms with Crippen molar-refractivity contribution in [2.24, 2.45) is 0 Å². The first-order valence-electron chi connectivity index (χ1n) is 7.12. The molecule has 17 heavy (non-hydrogen) atoms. The zero-order valence-electron chi connectivity index (χ0n) is 11.2. The molecule has 1 aromatic heterocycles. The number of aryl methyl sites for hydroxylation is 1. The minimum atomic E-state index is 0.662. The number of nitrogens with two attached hydrogens (primary N) is 1. The number of hydrogen-bond donors (Lipinski definition) is 1. The summed E-state index contributed by atoms with van der Waals surface area (Å²) in [7, 11) is 0. The maximum absolute atomic E-state index is 6.24. The second-order valence-electron chi connectivity index (χ2n) is 5.18. The van der Waals surface area contributed by atoms with Crippen LogP contribution in [0.25, 0.3) is 0 Å². The molecule has 0 amide bonds. The predicted octanol–water partition coefficient (Wildman–Crippen LogP) is 3.49. The summed E-state index contributed by atoms with van der Waals surface area (Å²) in [5, 5.41) is 0. The van der Waals surface area contributed by atoms with Crippen molar-refractivity contribution in [3.63, 3.8) is 0 Å². The van der Waals surface area contributed by atoms with E-state index < -0.39 is 0 Å². The summed E-state index contributed by atoms with van der Waals surface area (Å²) in [5.41, 5.74) is 7.37. The molecule has 1 aromatic rings. The van der Waals surface area contributed by atoms with Gasteiger partial charge in [-0.25, -0.2) is 4.98 Å². The van der Waals surface area contributed by atoms with Gasteiger partial charge in [-0.15, -0.1) is 0 Å². The van der Waals surface area contributed by atoms with Gasteiger partial charge in [0.2, 0.25) is 0 Å². The molecule has 1 aliphatic carbocycles. The Labute approximate surface area is 104 Å². The average Bonchev–Trinajstić information content (AvgIpc) is 2.92. The molecule has 0 atom stereocenters. The molecule has 1 fully saturated rings. The van der Waals surface area contributed by atoms with Crippen LogP contribution in [-0.2, 0) is 13.0 Å². The number of nitrogen functional groups attached to an aromatic ring is 1. The van der Waals surface area contributed by atoms with Crippen LogP contribution >= 0.6 is 0 Å². The van der Waals surface area contributed by atoms with Gasteiger partial charge in [-0.2, -0.15) is 0 Å². The maximum Gasteiger partial charge on any atom is 0.126 e. The number of anilines is 1. The molecular weight excluding hydrogens is 210 g/mol. The van der Waals surface area contributed by atoms with Gasteiger partial charge < -0.3 is 10.3 Å².